The summed E-state index contributed by atoms with van der Waals surface area (Å²) in [7, 11) is 3.19. The summed E-state index contributed by atoms with van der Waals surface area (Å²) in [6, 6.07) is 5.56. The molecule has 4 nitrogen and oxygen atoms in total. The van der Waals surface area contributed by atoms with Crippen molar-refractivity contribution in [3.05, 3.63) is 23.8 Å². The molecule has 1 N–H and O–H groups in total. The summed E-state index contributed by atoms with van der Waals surface area (Å²) in [5.41, 5.74) is 0.919. The standard InChI is InChI=1S/C12H16O4/c1-14-10-4-3-8(7-11(10)15-2)12-9(13)5-6-16-12/h3-4,7,9,12-13H,5-6H2,1-2H3/t9-,12+/m0/s1. The molecule has 0 amide bonds. The maximum absolute atomic E-state index is 9.74. The molecule has 1 aromatic carbocycles. The van der Waals surface area contributed by atoms with Crippen molar-refractivity contribution in [2.45, 2.75) is 18.6 Å². The Bertz CT molecular complexity index is 364. The van der Waals surface area contributed by atoms with E-state index in [2.05, 4.69) is 0 Å². The SMILES string of the molecule is COc1ccc([C@H]2OCC[C@@H]2O)cc1OC. The molecule has 1 heterocycles. The van der Waals surface area contributed by atoms with E-state index in [0.29, 0.717) is 24.5 Å². The van der Waals surface area contributed by atoms with Crippen LogP contribution in [0.3, 0.4) is 0 Å². The molecule has 1 aromatic rings. The number of ether oxygens (including phenoxy) is 3. The molecular weight excluding hydrogens is 208 g/mol. The van der Waals surface area contributed by atoms with E-state index in [1.165, 1.54) is 0 Å². The number of methoxy groups -OCH3 is 2. The normalized spacial score (nSPS) is 24.4. The van der Waals surface area contributed by atoms with E-state index in [1.807, 2.05) is 18.2 Å². The summed E-state index contributed by atoms with van der Waals surface area (Å²) in [6.45, 7) is 0.597. The highest BCUT2D eigenvalue weighted by Crippen LogP contribution is 2.35. The summed E-state index contributed by atoms with van der Waals surface area (Å²) in [4.78, 5) is 0. The molecule has 0 unspecified atom stereocenters. The Hall–Kier alpha value is -1.26. The molecule has 1 saturated heterocycles. The molecule has 0 aromatic heterocycles. The van der Waals surface area contributed by atoms with Crippen molar-refractivity contribution >= 4 is 0 Å². The zero-order valence-electron chi connectivity index (χ0n) is 9.47. The van der Waals surface area contributed by atoms with Crippen molar-refractivity contribution in [3.63, 3.8) is 0 Å². The summed E-state index contributed by atoms with van der Waals surface area (Å²) in [6.07, 6.45) is -0.00292. The summed E-state index contributed by atoms with van der Waals surface area (Å²) in [5, 5.41) is 9.74. The smallest absolute Gasteiger partial charge is 0.161 e. The molecule has 0 bridgehead atoms. The van der Waals surface area contributed by atoms with Gasteiger partial charge in [-0.3, -0.25) is 0 Å². The fourth-order valence-electron chi connectivity index (χ4n) is 1.93. The van der Waals surface area contributed by atoms with Crippen LogP contribution in [0.25, 0.3) is 0 Å². The minimum absolute atomic E-state index is 0.250. The second kappa shape index (κ2) is 4.72. The number of rotatable bonds is 3. The summed E-state index contributed by atoms with van der Waals surface area (Å²) < 4.78 is 15.8. The van der Waals surface area contributed by atoms with Crippen LogP contribution in [0.2, 0.25) is 0 Å². The first-order valence-corrected chi connectivity index (χ1v) is 5.28. The minimum atomic E-state index is -0.432. The van der Waals surface area contributed by atoms with Gasteiger partial charge in [0.1, 0.15) is 6.10 Å². The third kappa shape index (κ3) is 1.99. The highest BCUT2D eigenvalue weighted by molar-refractivity contribution is 5.43. The summed E-state index contributed by atoms with van der Waals surface area (Å²) in [5.74, 6) is 1.33. The topological polar surface area (TPSA) is 47.9 Å². The minimum Gasteiger partial charge on any atom is -0.493 e. The Morgan fingerprint density at radius 1 is 1.25 bits per heavy atom. The van der Waals surface area contributed by atoms with Crippen LogP contribution in [0.15, 0.2) is 18.2 Å². The van der Waals surface area contributed by atoms with Gasteiger partial charge >= 0.3 is 0 Å². The Labute approximate surface area is 94.8 Å². The van der Waals surface area contributed by atoms with Gasteiger partial charge in [-0.25, -0.2) is 0 Å². The first-order valence-electron chi connectivity index (χ1n) is 5.28. The lowest BCUT2D eigenvalue weighted by molar-refractivity contribution is 0.0416. The third-order valence-electron chi connectivity index (χ3n) is 2.80. The summed E-state index contributed by atoms with van der Waals surface area (Å²) >= 11 is 0. The Morgan fingerprint density at radius 2 is 2.00 bits per heavy atom. The molecule has 2 rings (SSSR count). The fraction of sp³-hybridized carbons (Fsp3) is 0.500. The third-order valence-corrected chi connectivity index (χ3v) is 2.80. The van der Waals surface area contributed by atoms with Crippen LogP contribution in [0.5, 0.6) is 11.5 Å². The highest BCUT2D eigenvalue weighted by atomic mass is 16.5. The Kier molecular flexibility index (Phi) is 3.31. The van der Waals surface area contributed by atoms with Crippen LogP contribution in [0, 0.1) is 0 Å². The molecule has 0 spiro atoms. The van der Waals surface area contributed by atoms with Gasteiger partial charge in [-0.2, -0.15) is 0 Å². The lowest BCUT2D eigenvalue weighted by atomic mass is 10.0. The quantitative estimate of drug-likeness (QED) is 0.845. The van der Waals surface area contributed by atoms with E-state index in [0.717, 1.165) is 5.56 Å². The van der Waals surface area contributed by atoms with Gasteiger partial charge < -0.3 is 19.3 Å². The van der Waals surface area contributed by atoms with E-state index >= 15 is 0 Å². The van der Waals surface area contributed by atoms with Crippen molar-refractivity contribution in [2.75, 3.05) is 20.8 Å². The maximum Gasteiger partial charge on any atom is 0.161 e. The predicted octanol–water partition coefficient (Wildman–Crippen LogP) is 1.53. The van der Waals surface area contributed by atoms with Crippen LogP contribution in [-0.4, -0.2) is 32.0 Å². The molecule has 0 aliphatic carbocycles. The first-order chi connectivity index (χ1) is 7.76. The monoisotopic (exact) mass is 224 g/mol. The van der Waals surface area contributed by atoms with Crippen LogP contribution in [0.1, 0.15) is 18.1 Å². The van der Waals surface area contributed by atoms with Crippen molar-refractivity contribution in [3.8, 4) is 11.5 Å². The van der Waals surface area contributed by atoms with Crippen LogP contribution in [0.4, 0.5) is 0 Å². The zero-order chi connectivity index (χ0) is 11.5. The van der Waals surface area contributed by atoms with Gasteiger partial charge in [-0.1, -0.05) is 6.07 Å². The highest BCUT2D eigenvalue weighted by Gasteiger charge is 2.28. The fourth-order valence-corrected chi connectivity index (χ4v) is 1.93. The Morgan fingerprint density at radius 3 is 2.56 bits per heavy atom. The number of hydrogen-bond donors (Lipinski definition) is 1. The van der Waals surface area contributed by atoms with Crippen molar-refractivity contribution in [1.29, 1.82) is 0 Å². The van der Waals surface area contributed by atoms with E-state index in [1.54, 1.807) is 14.2 Å². The van der Waals surface area contributed by atoms with Crippen molar-refractivity contribution in [2.24, 2.45) is 0 Å². The Balaban J connectivity index is 2.28. The van der Waals surface area contributed by atoms with E-state index < -0.39 is 6.10 Å². The zero-order valence-corrected chi connectivity index (χ0v) is 9.47. The van der Waals surface area contributed by atoms with Crippen LogP contribution >= 0.6 is 0 Å². The molecule has 0 radical (unpaired) electrons. The second-order valence-corrected chi connectivity index (χ2v) is 3.76. The molecule has 0 saturated carbocycles. The number of aliphatic hydroxyl groups is 1. The van der Waals surface area contributed by atoms with E-state index in [4.69, 9.17) is 14.2 Å². The van der Waals surface area contributed by atoms with Crippen molar-refractivity contribution in [1.82, 2.24) is 0 Å². The lowest BCUT2D eigenvalue weighted by Gasteiger charge is -2.16. The van der Waals surface area contributed by atoms with Gasteiger partial charge in [0.05, 0.1) is 26.9 Å². The molecule has 1 aliphatic heterocycles. The van der Waals surface area contributed by atoms with Gasteiger partial charge in [0.15, 0.2) is 11.5 Å². The van der Waals surface area contributed by atoms with E-state index in [-0.39, 0.29) is 6.10 Å². The first kappa shape index (κ1) is 11.2. The van der Waals surface area contributed by atoms with Gasteiger partial charge in [0, 0.05) is 0 Å². The van der Waals surface area contributed by atoms with Crippen LogP contribution < -0.4 is 9.47 Å². The van der Waals surface area contributed by atoms with Crippen molar-refractivity contribution < 1.29 is 19.3 Å². The molecule has 88 valence electrons. The van der Waals surface area contributed by atoms with Gasteiger partial charge in [0.25, 0.3) is 0 Å². The maximum atomic E-state index is 9.74. The molecule has 4 heteroatoms. The van der Waals surface area contributed by atoms with Gasteiger partial charge in [-0.05, 0) is 24.1 Å². The number of benzene rings is 1. The van der Waals surface area contributed by atoms with Gasteiger partial charge in [0.2, 0.25) is 0 Å². The molecule has 1 fully saturated rings. The number of aliphatic hydroxyl groups excluding tert-OH is 1. The van der Waals surface area contributed by atoms with Gasteiger partial charge in [-0.15, -0.1) is 0 Å². The molecule has 1 aliphatic rings. The molecule has 16 heavy (non-hydrogen) atoms. The molecule has 2 atom stereocenters. The lowest BCUT2D eigenvalue weighted by Crippen LogP contribution is -2.12. The largest absolute Gasteiger partial charge is 0.493 e. The molecular formula is C12H16O4. The van der Waals surface area contributed by atoms with E-state index in [9.17, 15) is 5.11 Å². The average molecular weight is 224 g/mol. The van der Waals surface area contributed by atoms with Crippen LogP contribution in [-0.2, 0) is 4.74 Å². The number of hydrogen-bond acceptors (Lipinski definition) is 4. The predicted molar refractivity (Wildman–Crippen MR) is 58.9 cm³/mol. The average Bonchev–Trinajstić information content (AvgIpc) is 2.74. The second-order valence-electron chi connectivity index (χ2n) is 3.76.